The van der Waals surface area contributed by atoms with Crippen LogP contribution in [0.15, 0.2) is 10.9 Å². The van der Waals surface area contributed by atoms with E-state index in [2.05, 4.69) is 5.87 Å². The van der Waals surface area contributed by atoms with Gasteiger partial charge in [0.25, 0.3) is 0 Å². The zero-order valence-electron chi connectivity index (χ0n) is 14.5. The third kappa shape index (κ3) is 3.59. The summed E-state index contributed by atoms with van der Waals surface area (Å²) in [6.07, 6.45) is 1.47. The number of aliphatic hydroxyl groups is 1. The van der Waals surface area contributed by atoms with Crippen LogP contribution in [0.5, 0.6) is 11.5 Å². The lowest BCUT2D eigenvalue weighted by molar-refractivity contribution is 0.0147. The number of hydrogen-bond donors (Lipinski definition) is 3. The molecule has 3 unspecified atom stereocenters. The smallest absolute Gasteiger partial charge is 0.224 e. The Balaban J connectivity index is 2.45. The Morgan fingerprint density at radius 2 is 1.96 bits per heavy atom. The first-order chi connectivity index (χ1) is 11.0. The minimum Gasteiger partial charge on any atom is -0.504 e. The van der Waals surface area contributed by atoms with Crippen LogP contribution >= 0.6 is 0 Å². The Labute approximate surface area is 143 Å². The zero-order valence-corrected chi connectivity index (χ0v) is 15.3. The largest absolute Gasteiger partial charge is 0.504 e. The van der Waals surface area contributed by atoms with Gasteiger partial charge < -0.3 is 15.3 Å². The van der Waals surface area contributed by atoms with Gasteiger partial charge in [-0.3, -0.25) is 9.00 Å². The van der Waals surface area contributed by atoms with E-state index in [1.807, 2.05) is 0 Å². The van der Waals surface area contributed by atoms with Gasteiger partial charge in [0.05, 0.1) is 5.60 Å². The number of hydrogen-bond acceptors (Lipinski definition) is 5. The lowest BCUT2D eigenvalue weighted by atomic mass is 9.75. The minimum atomic E-state index is -2.34. The summed E-state index contributed by atoms with van der Waals surface area (Å²) in [7, 11) is -2.34. The predicted molar refractivity (Wildman–Crippen MR) is 97.6 cm³/mol. The highest BCUT2D eigenvalue weighted by atomic mass is 32.2. The van der Waals surface area contributed by atoms with E-state index < -0.39 is 26.3 Å². The summed E-state index contributed by atoms with van der Waals surface area (Å²) in [5, 5.41) is 30.8. The Kier molecular flexibility index (Phi) is 5.02. The average Bonchev–Trinajstić information content (AvgIpc) is 2.58. The van der Waals surface area contributed by atoms with Crippen molar-refractivity contribution in [3.63, 3.8) is 0 Å². The van der Waals surface area contributed by atoms with Crippen molar-refractivity contribution >= 4 is 15.4 Å². The molecule has 1 aromatic rings. The molecule has 0 bridgehead atoms. The standard InChI is InChI=1S/C18H26O5S/c1-5-24(4,23)10-18(3,22)12-6-7-13-14(9-12)11(2)8-15(19)17(21)16(13)20/h8,12,22H,4-7,9-10H2,1-3H3,(H2,19,20,21). The predicted octanol–water partition coefficient (Wildman–Crippen LogP) is 1.36. The second-order valence-electron chi connectivity index (χ2n) is 7.04. The topological polar surface area (TPSA) is 94.8 Å². The van der Waals surface area contributed by atoms with Crippen molar-refractivity contribution < 1.29 is 19.5 Å². The van der Waals surface area contributed by atoms with Crippen LogP contribution in [0.3, 0.4) is 0 Å². The molecule has 0 spiro atoms. The fraction of sp³-hybridized carbons (Fsp3) is 0.556. The van der Waals surface area contributed by atoms with Crippen molar-refractivity contribution in [2.45, 2.75) is 45.6 Å². The van der Waals surface area contributed by atoms with Gasteiger partial charge in [0.1, 0.15) is 0 Å². The van der Waals surface area contributed by atoms with Gasteiger partial charge >= 0.3 is 0 Å². The molecule has 0 amide bonds. The molecule has 0 radical (unpaired) electrons. The summed E-state index contributed by atoms with van der Waals surface area (Å²) < 4.78 is 12.3. The third-order valence-electron chi connectivity index (χ3n) is 5.09. The van der Waals surface area contributed by atoms with Crippen LogP contribution in [0, 0.1) is 12.8 Å². The van der Waals surface area contributed by atoms with Crippen molar-refractivity contribution in [1.82, 2.24) is 0 Å². The summed E-state index contributed by atoms with van der Waals surface area (Å²) in [5.74, 6) is 3.12. The van der Waals surface area contributed by atoms with Gasteiger partial charge in [0.15, 0.2) is 5.75 Å². The van der Waals surface area contributed by atoms with Crippen LogP contribution < -0.4 is 5.43 Å². The van der Waals surface area contributed by atoms with Crippen molar-refractivity contribution in [2.75, 3.05) is 11.5 Å². The van der Waals surface area contributed by atoms with Gasteiger partial charge in [-0.25, -0.2) is 0 Å². The lowest BCUT2D eigenvalue weighted by Crippen LogP contribution is -2.44. The molecule has 0 saturated carbocycles. The fourth-order valence-electron chi connectivity index (χ4n) is 3.50. The molecule has 1 aliphatic rings. The van der Waals surface area contributed by atoms with E-state index in [0.717, 1.165) is 5.56 Å². The highest BCUT2D eigenvalue weighted by Crippen LogP contribution is 2.39. The average molecular weight is 354 g/mol. The zero-order chi connectivity index (χ0) is 18.3. The molecule has 3 atom stereocenters. The number of aryl methyl sites for hydroxylation is 1. The maximum atomic E-state index is 12.3. The van der Waals surface area contributed by atoms with E-state index in [1.165, 1.54) is 6.07 Å². The number of aromatic hydroxyl groups is 2. The molecular formula is C18H26O5S. The molecule has 5 nitrogen and oxygen atoms in total. The van der Waals surface area contributed by atoms with Crippen molar-refractivity contribution in [1.29, 1.82) is 0 Å². The Morgan fingerprint density at radius 3 is 2.54 bits per heavy atom. The van der Waals surface area contributed by atoms with Gasteiger partial charge in [-0.2, -0.15) is 0 Å². The van der Waals surface area contributed by atoms with Gasteiger partial charge in [-0.05, 0) is 71.6 Å². The van der Waals surface area contributed by atoms with E-state index >= 15 is 0 Å². The first kappa shape index (κ1) is 18.8. The summed E-state index contributed by atoms with van der Waals surface area (Å²) in [6.45, 7) is 5.23. The first-order valence-electron chi connectivity index (χ1n) is 8.11. The molecule has 134 valence electrons. The summed E-state index contributed by atoms with van der Waals surface area (Å²) >= 11 is 0. The Hall–Kier alpha value is -1.53. The molecular weight excluding hydrogens is 328 g/mol. The molecule has 3 N–H and O–H groups in total. The van der Waals surface area contributed by atoms with E-state index in [1.54, 1.807) is 20.8 Å². The van der Waals surface area contributed by atoms with Crippen LogP contribution in [0.25, 0.3) is 0 Å². The highest BCUT2D eigenvalue weighted by Gasteiger charge is 2.37. The van der Waals surface area contributed by atoms with Crippen LogP contribution in [0.1, 0.15) is 37.0 Å². The van der Waals surface area contributed by atoms with Gasteiger partial charge in [0, 0.05) is 17.1 Å². The third-order valence-corrected chi connectivity index (χ3v) is 7.25. The van der Waals surface area contributed by atoms with E-state index in [0.29, 0.717) is 36.1 Å². The van der Waals surface area contributed by atoms with Gasteiger partial charge in [-0.1, -0.05) is 6.92 Å². The van der Waals surface area contributed by atoms with Gasteiger partial charge in [0.2, 0.25) is 11.2 Å². The van der Waals surface area contributed by atoms with Crippen molar-refractivity contribution in [3.05, 3.63) is 33.0 Å². The number of rotatable bonds is 4. The van der Waals surface area contributed by atoms with E-state index in [4.69, 9.17) is 0 Å². The van der Waals surface area contributed by atoms with Crippen LogP contribution in [0.2, 0.25) is 0 Å². The molecule has 0 fully saturated rings. The van der Waals surface area contributed by atoms with Crippen LogP contribution in [-0.2, 0) is 22.4 Å². The summed E-state index contributed by atoms with van der Waals surface area (Å²) in [4.78, 5) is 11.8. The Bertz CT molecular complexity index is 809. The molecule has 6 heteroatoms. The number of fused-ring (bicyclic) bond motifs is 1. The van der Waals surface area contributed by atoms with E-state index in [-0.39, 0.29) is 17.4 Å². The maximum Gasteiger partial charge on any atom is 0.224 e. The van der Waals surface area contributed by atoms with Crippen molar-refractivity contribution in [2.24, 2.45) is 5.92 Å². The second-order valence-corrected chi connectivity index (χ2v) is 9.84. The van der Waals surface area contributed by atoms with Gasteiger partial charge in [-0.15, -0.1) is 0 Å². The molecule has 1 aliphatic carbocycles. The molecule has 24 heavy (non-hydrogen) atoms. The molecule has 0 heterocycles. The quantitative estimate of drug-likeness (QED) is 0.710. The fourth-order valence-corrected chi connectivity index (χ4v) is 5.00. The Morgan fingerprint density at radius 1 is 1.33 bits per heavy atom. The monoisotopic (exact) mass is 354 g/mol. The molecule has 0 saturated heterocycles. The van der Waals surface area contributed by atoms with E-state index in [9.17, 15) is 24.3 Å². The molecule has 0 aliphatic heterocycles. The summed E-state index contributed by atoms with van der Waals surface area (Å²) in [5.41, 5.74) is 0.246. The van der Waals surface area contributed by atoms with Crippen molar-refractivity contribution in [3.8, 4) is 11.5 Å². The lowest BCUT2D eigenvalue weighted by Gasteiger charge is -2.37. The van der Waals surface area contributed by atoms with Crippen LogP contribution in [-0.4, -0.2) is 42.5 Å². The highest BCUT2D eigenvalue weighted by molar-refractivity contribution is 8.00. The van der Waals surface area contributed by atoms with Crippen LogP contribution in [0.4, 0.5) is 0 Å². The maximum absolute atomic E-state index is 12.3. The second kappa shape index (κ2) is 6.41. The normalized spacial score (nSPS) is 22.2. The molecule has 2 rings (SSSR count). The minimum absolute atomic E-state index is 0.124. The summed E-state index contributed by atoms with van der Waals surface area (Å²) in [6, 6.07) is 1.31. The first-order valence-corrected chi connectivity index (χ1v) is 10.2. The SMILES string of the molecule is C=S(=O)(CC)CC(C)(O)C1CCc2c(O)c(O)c(=O)cc(C)c2C1. The molecule has 1 aromatic carbocycles. The molecule has 0 aromatic heterocycles.